The Morgan fingerprint density at radius 2 is 1.90 bits per heavy atom. The van der Waals surface area contributed by atoms with Gasteiger partial charge < -0.3 is 9.64 Å². The molecule has 1 aliphatic heterocycles. The second-order valence-corrected chi connectivity index (χ2v) is 9.10. The van der Waals surface area contributed by atoms with Crippen LogP contribution in [0.4, 0.5) is 5.69 Å². The number of carbonyl (C=O) groups is 2. The summed E-state index contributed by atoms with van der Waals surface area (Å²) in [7, 11) is 0. The fourth-order valence-corrected chi connectivity index (χ4v) is 4.56. The van der Waals surface area contributed by atoms with Crippen molar-refractivity contribution in [3.05, 3.63) is 46.0 Å². The number of amides is 1. The Kier molecular flexibility index (Phi) is 8.25. The number of esters is 1. The van der Waals surface area contributed by atoms with Gasteiger partial charge in [-0.1, -0.05) is 27.7 Å². The highest BCUT2D eigenvalue weighted by molar-refractivity contribution is 8.00. The fraction of sp³-hybridized carbons (Fsp3) is 0.524. The second kappa shape index (κ2) is 10.4. The van der Waals surface area contributed by atoms with Crippen LogP contribution in [-0.4, -0.2) is 45.5 Å². The molecule has 0 saturated carbocycles. The van der Waals surface area contributed by atoms with E-state index in [1.165, 1.54) is 18.2 Å². The third-order valence-corrected chi connectivity index (χ3v) is 5.69. The maximum atomic E-state index is 12.9. The zero-order chi connectivity index (χ0) is 21.6. The zero-order valence-electron chi connectivity index (χ0n) is 17.2. The molecule has 8 heteroatoms. The van der Waals surface area contributed by atoms with Gasteiger partial charge in [0.2, 0.25) is 5.91 Å². The van der Waals surface area contributed by atoms with E-state index in [2.05, 4.69) is 13.8 Å². The number of ether oxygens (including phenoxy) is 1. The minimum atomic E-state index is -0.600. The largest absolute Gasteiger partial charge is 0.464 e. The van der Waals surface area contributed by atoms with Gasteiger partial charge in [-0.05, 0) is 42.0 Å². The number of rotatable bonds is 8. The van der Waals surface area contributed by atoms with Crippen LogP contribution >= 0.6 is 11.8 Å². The van der Waals surface area contributed by atoms with Crippen molar-refractivity contribution in [2.45, 2.75) is 45.5 Å². The molecule has 158 valence electrons. The summed E-state index contributed by atoms with van der Waals surface area (Å²) < 4.78 is 5.39. The molecule has 1 heterocycles. The van der Waals surface area contributed by atoms with E-state index in [-0.39, 0.29) is 28.9 Å². The summed E-state index contributed by atoms with van der Waals surface area (Å²) in [6.45, 7) is 8.43. The lowest BCUT2D eigenvalue weighted by molar-refractivity contribution is -0.384. The van der Waals surface area contributed by atoms with Gasteiger partial charge in [-0.2, -0.15) is 0 Å². The molecule has 0 radical (unpaired) electrons. The van der Waals surface area contributed by atoms with Crippen LogP contribution in [0.1, 0.15) is 39.7 Å². The number of benzene rings is 1. The zero-order valence-corrected chi connectivity index (χ0v) is 18.1. The van der Waals surface area contributed by atoms with Crippen molar-refractivity contribution in [3.8, 4) is 0 Å². The van der Waals surface area contributed by atoms with Crippen molar-refractivity contribution >= 4 is 35.4 Å². The SMILES string of the molecule is CC(C)COC(=O)C1CSC(CC(C)C)N1C(=O)/C=C/c1ccc([N+](=O)[O-])cc1. The molecule has 0 aromatic heterocycles. The average Bonchev–Trinajstić information content (AvgIpc) is 3.07. The van der Waals surface area contributed by atoms with E-state index in [1.807, 2.05) is 13.8 Å². The van der Waals surface area contributed by atoms with Crippen LogP contribution in [0.25, 0.3) is 6.08 Å². The molecule has 1 amide bonds. The first kappa shape index (κ1) is 22.9. The number of nitrogens with zero attached hydrogens (tertiary/aromatic N) is 2. The second-order valence-electron chi connectivity index (χ2n) is 7.88. The highest BCUT2D eigenvalue weighted by Gasteiger charge is 2.41. The molecule has 0 aliphatic carbocycles. The highest BCUT2D eigenvalue weighted by Crippen LogP contribution is 2.34. The lowest BCUT2D eigenvalue weighted by Gasteiger charge is -2.28. The summed E-state index contributed by atoms with van der Waals surface area (Å²) in [5.74, 6) is 0.503. The average molecular weight is 421 g/mol. The molecule has 1 fully saturated rings. The van der Waals surface area contributed by atoms with Crippen molar-refractivity contribution < 1.29 is 19.2 Å². The molecule has 29 heavy (non-hydrogen) atoms. The molecule has 0 N–H and O–H groups in total. The summed E-state index contributed by atoms with van der Waals surface area (Å²) in [6.07, 6.45) is 3.82. The molecule has 1 aromatic carbocycles. The van der Waals surface area contributed by atoms with Gasteiger partial charge in [0.15, 0.2) is 0 Å². The van der Waals surface area contributed by atoms with Crippen LogP contribution in [0, 0.1) is 22.0 Å². The molecule has 7 nitrogen and oxygen atoms in total. The monoisotopic (exact) mass is 420 g/mol. The van der Waals surface area contributed by atoms with E-state index in [1.54, 1.807) is 34.9 Å². The molecule has 2 atom stereocenters. The Labute approximate surface area is 175 Å². The molecule has 0 bridgehead atoms. The Bertz CT molecular complexity index is 761. The van der Waals surface area contributed by atoms with E-state index in [0.717, 1.165) is 6.42 Å². The van der Waals surface area contributed by atoms with Crippen LogP contribution in [0.5, 0.6) is 0 Å². The number of hydrogen-bond donors (Lipinski definition) is 0. The number of non-ortho nitro benzene ring substituents is 1. The summed E-state index contributed by atoms with van der Waals surface area (Å²) in [5, 5.41) is 10.7. The van der Waals surface area contributed by atoms with Crippen LogP contribution in [0.15, 0.2) is 30.3 Å². The van der Waals surface area contributed by atoms with Gasteiger partial charge in [-0.25, -0.2) is 4.79 Å². The molecule has 2 rings (SSSR count). The van der Waals surface area contributed by atoms with E-state index in [0.29, 0.717) is 23.8 Å². The topological polar surface area (TPSA) is 89.8 Å². The molecular formula is C21H28N2O5S. The van der Waals surface area contributed by atoms with Crippen molar-refractivity contribution in [1.82, 2.24) is 4.90 Å². The summed E-state index contributed by atoms with van der Waals surface area (Å²) in [4.78, 5) is 37.4. The first-order valence-electron chi connectivity index (χ1n) is 9.72. The quantitative estimate of drug-likeness (QED) is 0.272. The summed E-state index contributed by atoms with van der Waals surface area (Å²) in [6, 6.07) is 5.35. The number of nitro benzene ring substituents is 1. The van der Waals surface area contributed by atoms with E-state index >= 15 is 0 Å². The van der Waals surface area contributed by atoms with Crippen LogP contribution in [-0.2, 0) is 14.3 Å². The van der Waals surface area contributed by atoms with E-state index in [4.69, 9.17) is 4.74 Å². The van der Waals surface area contributed by atoms with Gasteiger partial charge in [-0.3, -0.25) is 14.9 Å². The predicted octanol–water partition coefficient (Wildman–Crippen LogP) is 4.12. The minimum Gasteiger partial charge on any atom is -0.464 e. The first-order chi connectivity index (χ1) is 13.7. The molecule has 1 aromatic rings. The van der Waals surface area contributed by atoms with Gasteiger partial charge >= 0.3 is 5.97 Å². The molecule has 1 aliphatic rings. The first-order valence-corrected chi connectivity index (χ1v) is 10.8. The van der Waals surface area contributed by atoms with Crippen molar-refractivity contribution in [2.24, 2.45) is 11.8 Å². The van der Waals surface area contributed by atoms with Crippen LogP contribution in [0.2, 0.25) is 0 Å². The maximum Gasteiger partial charge on any atom is 0.329 e. The summed E-state index contributed by atoms with van der Waals surface area (Å²) in [5.41, 5.74) is 0.671. The van der Waals surface area contributed by atoms with Gasteiger partial charge in [-0.15, -0.1) is 11.8 Å². The third kappa shape index (κ3) is 6.59. The van der Waals surface area contributed by atoms with E-state index in [9.17, 15) is 19.7 Å². The third-order valence-electron chi connectivity index (χ3n) is 4.37. The molecule has 2 unspecified atom stereocenters. The van der Waals surface area contributed by atoms with Gasteiger partial charge in [0.25, 0.3) is 5.69 Å². The lowest BCUT2D eigenvalue weighted by atomic mass is 10.1. The molecule has 1 saturated heterocycles. The number of thioether (sulfide) groups is 1. The Morgan fingerprint density at radius 3 is 2.45 bits per heavy atom. The van der Waals surface area contributed by atoms with Crippen molar-refractivity contribution in [1.29, 1.82) is 0 Å². The lowest BCUT2D eigenvalue weighted by Crippen LogP contribution is -2.46. The van der Waals surface area contributed by atoms with Crippen molar-refractivity contribution in [3.63, 3.8) is 0 Å². The maximum absolute atomic E-state index is 12.9. The van der Waals surface area contributed by atoms with Gasteiger partial charge in [0, 0.05) is 24.0 Å². The van der Waals surface area contributed by atoms with Gasteiger partial charge in [0.1, 0.15) is 6.04 Å². The van der Waals surface area contributed by atoms with Crippen molar-refractivity contribution in [2.75, 3.05) is 12.4 Å². The Morgan fingerprint density at radius 1 is 1.24 bits per heavy atom. The van der Waals surface area contributed by atoms with Gasteiger partial charge in [0.05, 0.1) is 16.9 Å². The van der Waals surface area contributed by atoms with Crippen LogP contribution in [0.3, 0.4) is 0 Å². The highest BCUT2D eigenvalue weighted by atomic mass is 32.2. The van der Waals surface area contributed by atoms with E-state index < -0.39 is 11.0 Å². The molecular weight excluding hydrogens is 392 g/mol. The minimum absolute atomic E-state index is 0.00520. The normalized spacial score (nSPS) is 19.3. The number of carbonyl (C=O) groups excluding carboxylic acids is 2. The summed E-state index contributed by atoms with van der Waals surface area (Å²) >= 11 is 1.60. The van der Waals surface area contributed by atoms with Crippen LogP contribution < -0.4 is 0 Å². The Hall–Kier alpha value is -2.35. The number of hydrogen-bond acceptors (Lipinski definition) is 6. The fourth-order valence-electron chi connectivity index (χ4n) is 2.93. The molecule has 0 spiro atoms. The standard InChI is InChI=1S/C21H28N2O5S/c1-14(2)11-20-22(18(13-29-20)21(25)28-12-15(3)4)19(24)10-7-16-5-8-17(9-6-16)23(26)27/h5-10,14-15,18,20H,11-13H2,1-4H3/b10-7+. The predicted molar refractivity (Wildman–Crippen MR) is 114 cm³/mol. The Balaban J connectivity index is 2.15. The smallest absolute Gasteiger partial charge is 0.329 e. The number of nitro groups is 1.